The first-order chi connectivity index (χ1) is 9.77. The van der Waals surface area contributed by atoms with Crippen LogP contribution in [0.1, 0.15) is 29.2 Å². The normalized spacial score (nSPS) is 11.3. The topological polar surface area (TPSA) is 84.1 Å². The van der Waals surface area contributed by atoms with Crippen molar-refractivity contribution in [2.75, 3.05) is 24.3 Å². The lowest BCUT2D eigenvalue weighted by molar-refractivity contribution is 0.102. The molecule has 0 aliphatic rings. The van der Waals surface area contributed by atoms with Gasteiger partial charge in [-0.15, -0.1) is 10.2 Å². The maximum Gasteiger partial charge on any atom is 0.257 e. The molecule has 0 saturated carbocycles. The quantitative estimate of drug-likeness (QED) is 0.903. The van der Waals surface area contributed by atoms with Crippen molar-refractivity contribution in [3.05, 3.63) is 34.8 Å². The van der Waals surface area contributed by atoms with E-state index in [1.54, 1.807) is 6.07 Å². The Morgan fingerprint density at radius 1 is 1.33 bits per heavy atom. The third-order valence-corrected chi connectivity index (χ3v) is 4.00. The third kappa shape index (κ3) is 3.77. The fraction of sp³-hybridized carbons (Fsp3) is 0.357. The van der Waals surface area contributed by atoms with E-state index in [1.807, 2.05) is 51.0 Å². The minimum absolute atomic E-state index is 0.212. The smallest absolute Gasteiger partial charge is 0.257 e. The van der Waals surface area contributed by atoms with Crippen LogP contribution in [-0.2, 0) is 5.54 Å². The van der Waals surface area contributed by atoms with Crippen molar-refractivity contribution in [1.82, 2.24) is 10.2 Å². The molecule has 0 aliphatic heterocycles. The Morgan fingerprint density at radius 3 is 2.62 bits per heavy atom. The van der Waals surface area contributed by atoms with Crippen LogP contribution in [-0.4, -0.2) is 30.2 Å². The molecule has 0 unspecified atom stereocenters. The number of amides is 1. The van der Waals surface area contributed by atoms with E-state index in [1.165, 1.54) is 11.3 Å². The maximum absolute atomic E-state index is 12.2. The van der Waals surface area contributed by atoms with Crippen molar-refractivity contribution in [2.24, 2.45) is 5.73 Å². The standard InChI is InChI=1S/C14H19N5OS/c1-14(2,15)12-17-18-13(21-12)16-11(20)9-6-5-7-10(8-9)19(3)4/h5-8H,15H2,1-4H3,(H,16,18,20). The van der Waals surface area contributed by atoms with Crippen LogP contribution in [0, 0.1) is 0 Å². The highest BCUT2D eigenvalue weighted by Gasteiger charge is 2.20. The molecule has 0 bridgehead atoms. The first-order valence-corrected chi connectivity index (χ1v) is 7.30. The average molecular weight is 305 g/mol. The van der Waals surface area contributed by atoms with Crippen molar-refractivity contribution in [3.8, 4) is 0 Å². The molecule has 21 heavy (non-hydrogen) atoms. The second-order valence-electron chi connectivity index (χ2n) is 5.53. The van der Waals surface area contributed by atoms with Crippen LogP contribution in [0.2, 0.25) is 0 Å². The van der Waals surface area contributed by atoms with Crippen LogP contribution in [0.4, 0.5) is 10.8 Å². The Hall–Kier alpha value is -1.99. The van der Waals surface area contributed by atoms with Crippen LogP contribution < -0.4 is 16.0 Å². The van der Waals surface area contributed by atoms with Crippen molar-refractivity contribution in [3.63, 3.8) is 0 Å². The SMILES string of the molecule is CN(C)c1cccc(C(=O)Nc2nnc(C(C)(C)N)s2)c1. The highest BCUT2D eigenvalue weighted by Crippen LogP contribution is 2.24. The van der Waals surface area contributed by atoms with Crippen molar-refractivity contribution in [1.29, 1.82) is 0 Å². The summed E-state index contributed by atoms with van der Waals surface area (Å²) in [5, 5.41) is 11.8. The van der Waals surface area contributed by atoms with Gasteiger partial charge < -0.3 is 10.6 Å². The molecule has 112 valence electrons. The summed E-state index contributed by atoms with van der Waals surface area (Å²) in [5.74, 6) is -0.212. The van der Waals surface area contributed by atoms with E-state index < -0.39 is 5.54 Å². The number of nitrogens with zero attached hydrogens (tertiary/aromatic N) is 3. The van der Waals surface area contributed by atoms with Gasteiger partial charge in [0.1, 0.15) is 5.01 Å². The molecule has 1 heterocycles. The molecule has 6 nitrogen and oxygen atoms in total. The van der Waals surface area contributed by atoms with Gasteiger partial charge in [0.05, 0.1) is 5.54 Å². The number of aromatic nitrogens is 2. The lowest BCUT2D eigenvalue weighted by Gasteiger charge is -2.13. The highest BCUT2D eigenvalue weighted by molar-refractivity contribution is 7.15. The van der Waals surface area contributed by atoms with Gasteiger partial charge >= 0.3 is 0 Å². The Kier molecular flexibility index (Phi) is 4.24. The van der Waals surface area contributed by atoms with Crippen molar-refractivity contribution >= 4 is 28.1 Å². The van der Waals surface area contributed by atoms with Crippen molar-refractivity contribution in [2.45, 2.75) is 19.4 Å². The zero-order chi connectivity index (χ0) is 15.6. The van der Waals surface area contributed by atoms with Crippen molar-refractivity contribution < 1.29 is 4.79 Å². The molecule has 1 aromatic heterocycles. The first kappa shape index (κ1) is 15.4. The molecule has 0 atom stereocenters. The van der Waals surface area contributed by atoms with Gasteiger partial charge in [-0.1, -0.05) is 17.4 Å². The molecular formula is C14H19N5OS. The predicted octanol–water partition coefficient (Wildman–Crippen LogP) is 2.05. The fourth-order valence-corrected chi connectivity index (χ4v) is 2.38. The molecule has 3 N–H and O–H groups in total. The Labute approximate surface area is 128 Å². The number of nitrogens with one attached hydrogen (secondary N) is 1. The molecule has 1 amide bonds. The number of rotatable bonds is 4. The van der Waals surface area contributed by atoms with Gasteiger partial charge in [0.15, 0.2) is 0 Å². The van der Waals surface area contributed by atoms with Gasteiger partial charge in [-0.2, -0.15) is 0 Å². The summed E-state index contributed by atoms with van der Waals surface area (Å²) in [6.07, 6.45) is 0. The molecule has 2 rings (SSSR count). The molecule has 0 saturated heterocycles. The predicted molar refractivity (Wildman–Crippen MR) is 85.8 cm³/mol. The number of hydrogen-bond acceptors (Lipinski definition) is 6. The summed E-state index contributed by atoms with van der Waals surface area (Å²) in [6.45, 7) is 3.69. The van der Waals surface area contributed by atoms with Gasteiger partial charge in [0, 0.05) is 25.3 Å². The summed E-state index contributed by atoms with van der Waals surface area (Å²) >= 11 is 1.28. The molecular weight excluding hydrogens is 286 g/mol. The van der Waals surface area contributed by atoms with E-state index in [0.717, 1.165) is 5.69 Å². The van der Waals surface area contributed by atoms with E-state index in [9.17, 15) is 4.79 Å². The molecule has 7 heteroatoms. The van der Waals surface area contributed by atoms with Gasteiger partial charge in [-0.05, 0) is 32.0 Å². The van der Waals surface area contributed by atoms with Crippen LogP contribution >= 0.6 is 11.3 Å². The largest absolute Gasteiger partial charge is 0.378 e. The highest BCUT2D eigenvalue weighted by atomic mass is 32.1. The molecule has 0 spiro atoms. The summed E-state index contributed by atoms with van der Waals surface area (Å²) in [4.78, 5) is 14.2. The molecule has 2 aromatic rings. The summed E-state index contributed by atoms with van der Waals surface area (Å²) in [5.41, 5.74) is 6.93. The Balaban J connectivity index is 2.15. The zero-order valence-electron chi connectivity index (χ0n) is 12.5. The minimum atomic E-state index is -0.564. The minimum Gasteiger partial charge on any atom is -0.378 e. The van der Waals surface area contributed by atoms with Gasteiger partial charge in [0.25, 0.3) is 5.91 Å². The van der Waals surface area contributed by atoms with E-state index in [2.05, 4.69) is 15.5 Å². The second-order valence-corrected chi connectivity index (χ2v) is 6.51. The lowest BCUT2D eigenvalue weighted by atomic mass is 10.1. The van der Waals surface area contributed by atoms with Crippen LogP contribution in [0.25, 0.3) is 0 Å². The van der Waals surface area contributed by atoms with Gasteiger partial charge in [0.2, 0.25) is 5.13 Å². The summed E-state index contributed by atoms with van der Waals surface area (Å²) < 4.78 is 0. The monoisotopic (exact) mass is 305 g/mol. The maximum atomic E-state index is 12.2. The third-order valence-electron chi connectivity index (χ3n) is 2.82. The van der Waals surface area contributed by atoms with E-state index in [-0.39, 0.29) is 5.91 Å². The van der Waals surface area contributed by atoms with E-state index >= 15 is 0 Å². The van der Waals surface area contributed by atoms with Crippen LogP contribution in [0.3, 0.4) is 0 Å². The van der Waals surface area contributed by atoms with Crippen LogP contribution in [0.15, 0.2) is 24.3 Å². The Bertz CT molecular complexity index is 645. The van der Waals surface area contributed by atoms with Gasteiger partial charge in [-0.25, -0.2) is 0 Å². The number of benzene rings is 1. The number of carbonyl (C=O) groups is 1. The fourth-order valence-electron chi connectivity index (χ4n) is 1.63. The number of hydrogen-bond donors (Lipinski definition) is 2. The molecule has 0 fully saturated rings. The molecule has 1 aromatic carbocycles. The molecule has 0 aliphatic carbocycles. The Morgan fingerprint density at radius 2 is 2.05 bits per heavy atom. The number of carbonyl (C=O) groups excluding carboxylic acids is 1. The number of nitrogens with two attached hydrogens (primary N) is 1. The van der Waals surface area contributed by atoms with E-state index in [0.29, 0.717) is 15.7 Å². The summed E-state index contributed by atoms with van der Waals surface area (Å²) in [6, 6.07) is 7.37. The lowest BCUT2D eigenvalue weighted by Crippen LogP contribution is -2.28. The summed E-state index contributed by atoms with van der Waals surface area (Å²) in [7, 11) is 3.86. The second kappa shape index (κ2) is 5.79. The molecule has 0 radical (unpaired) electrons. The zero-order valence-corrected chi connectivity index (χ0v) is 13.4. The van der Waals surface area contributed by atoms with Gasteiger partial charge in [-0.3, -0.25) is 10.1 Å². The first-order valence-electron chi connectivity index (χ1n) is 6.49. The van der Waals surface area contributed by atoms with Crippen LogP contribution in [0.5, 0.6) is 0 Å². The van der Waals surface area contributed by atoms with E-state index in [4.69, 9.17) is 5.73 Å². The number of anilines is 2. The average Bonchev–Trinajstić information content (AvgIpc) is 2.87.